The van der Waals surface area contributed by atoms with Crippen LogP contribution in [0.25, 0.3) is 0 Å². The van der Waals surface area contributed by atoms with Crippen LogP contribution in [0.15, 0.2) is 54.6 Å². The summed E-state index contributed by atoms with van der Waals surface area (Å²) in [5.74, 6) is -0.232. The molecule has 1 unspecified atom stereocenters. The molecule has 3 fully saturated rings. The fourth-order valence-corrected chi connectivity index (χ4v) is 5.36. The lowest BCUT2D eigenvalue weighted by Crippen LogP contribution is -2.60. The summed E-state index contributed by atoms with van der Waals surface area (Å²) >= 11 is 0. The maximum atomic E-state index is 13.7. The van der Waals surface area contributed by atoms with Crippen molar-refractivity contribution >= 4 is 17.7 Å². The van der Waals surface area contributed by atoms with Crippen LogP contribution in [0.2, 0.25) is 0 Å². The van der Waals surface area contributed by atoms with E-state index in [0.29, 0.717) is 37.1 Å². The van der Waals surface area contributed by atoms with Crippen LogP contribution in [-0.2, 0) is 9.53 Å². The van der Waals surface area contributed by atoms with Gasteiger partial charge in [-0.05, 0) is 44.0 Å². The topological polar surface area (TPSA) is 70.2 Å². The molecule has 2 aromatic rings. The fourth-order valence-electron chi connectivity index (χ4n) is 5.36. The molecule has 34 heavy (non-hydrogen) atoms. The van der Waals surface area contributed by atoms with Crippen molar-refractivity contribution in [1.29, 1.82) is 0 Å². The van der Waals surface area contributed by atoms with Gasteiger partial charge in [0.05, 0.1) is 6.61 Å². The van der Waals surface area contributed by atoms with Crippen molar-refractivity contribution < 1.29 is 19.1 Å². The second-order valence-electron chi connectivity index (χ2n) is 9.50. The van der Waals surface area contributed by atoms with E-state index in [0.717, 1.165) is 31.5 Å². The summed E-state index contributed by atoms with van der Waals surface area (Å²) in [5.41, 5.74) is 1.44. The summed E-state index contributed by atoms with van der Waals surface area (Å²) in [6.45, 7) is 4.59. The molecule has 3 saturated heterocycles. The number of piperidine rings is 1. The molecule has 1 atom stereocenters. The molecule has 7 heteroatoms. The van der Waals surface area contributed by atoms with Crippen LogP contribution in [0.3, 0.4) is 0 Å². The number of aryl methyl sites for hydroxylation is 1. The van der Waals surface area contributed by atoms with Crippen molar-refractivity contribution in [3.63, 3.8) is 0 Å². The van der Waals surface area contributed by atoms with Crippen molar-refractivity contribution in [2.75, 3.05) is 32.8 Å². The fraction of sp³-hybridized carbons (Fsp3) is 0.444. The summed E-state index contributed by atoms with van der Waals surface area (Å²) in [7, 11) is 0. The second-order valence-corrected chi connectivity index (χ2v) is 9.50. The number of benzene rings is 2. The maximum Gasteiger partial charge on any atom is 0.256 e. The molecule has 0 N–H and O–H groups in total. The highest BCUT2D eigenvalue weighted by Crippen LogP contribution is 2.39. The van der Waals surface area contributed by atoms with Crippen molar-refractivity contribution in [2.24, 2.45) is 0 Å². The second kappa shape index (κ2) is 9.22. The van der Waals surface area contributed by atoms with E-state index in [-0.39, 0.29) is 24.3 Å². The average Bonchev–Trinajstić information content (AvgIpc) is 3.53. The van der Waals surface area contributed by atoms with Gasteiger partial charge in [-0.25, -0.2) is 0 Å². The third-order valence-electron chi connectivity index (χ3n) is 7.33. The van der Waals surface area contributed by atoms with E-state index in [1.54, 1.807) is 17.0 Å². The Morgan fingerprint density at radius 2 is 1.41 bits per heavy atom. The molecule has 3 aliphatic heterocycles. The third-order valence-corrected chi connectivity index (χ3v) is 7.33. The Hall–Kier alpha value is -3.19. The first-order chi connectivity index (χ1) is 16.5. The molecule has 7 nitrogen and oxygen atoms in total. The molecule has 1 spiro atoms. The lowest BCUT2D eigenvalue weighted by atomic mass is 9.96. The molecule has 3 heterocycles. The van der Waals surface area contributed by atoms with E-state index in [2.05, 4.69) is 0 Å². The highest BCUT2D eigenvalue weighted by atomic mass is 16.5. The Morgan fingerprint density at radius 3 is 2.06 bits per heavy atom. The van der Waals surface area contributed by atoms with Crippen molar-refractivity contribution in [3.05, 3.63) is 71.3 Å². The quantitative estimate of drug-likeness (QED) is 0.704. The summed E-state index contributed by atoms with van der Waals surface area (Å²) in [5, 5.41) is 0. The molecule has 5 rings (SSSR count). The average molecular weight is 462 g/mol. The van der Waals surface area contributed by atoms with Gasteiger partial charge in [-0.2, -0.15) is 0 Å². The van der Waals surface area contributed by atoms with Crippen LogP contribution in [0.4, 0.5) is 0 Å². The summed E-state index contributed by atoms with van der Waals surface area (Å²) in [4.78, 5) is 45.5. The number of carbonyl (C=O) groups is 3. The molecular weight excluding hydrogens is 430 g/mol. The minimum Gasteiger partial charge on any atom is -0.353 e. The van der Waals surface area contributed by atoms with E-state index in [1.807, 2.05) is 59.2 Å². The summed E-state index contributed by atoms with van der Waals surface area (Å²) < 4.78 is 6.30. The lowest BCUT2D eigenvalue weighted by molar-refractivity contribution is -0.136. The number of hydrogen-bond acceptors (Lipinski definition) is 4. The number of amides is 3. The van der Waals surface area contributed by atoms with Gasteiger partial charge in [0.15, 0.2) is 0 Å². The zero-order valence-corrected chi connectivity index (χ0v) is 19.6. The Bertz CT molecular complexity index is 1060. The van der Waals surface area contributed by atoms with Crippen molar-refractivity contribution in [1.82, 2.24) is 14.7 Å². The van der Waals surface area contributed by atoms with Gasteiger partial charge in [-0.3, -0.25) is 19.3 Å². The molecule has 0 saturated carbocycles. The normalized spacial score (nSPS) is 21.8. The monoisotopic (exact) mass is 461 g/mol. The van der Waals surface area contributed by atoms with Crippen LogP contribution in [-0.4, -0.2) is 77.0 Å². The molecular formula is C27H31N3O4. The number of ether oxygens (including phenoxy) is 1. The van der Waals surface area contributed by atoms with Gasteiger partial charge in [0.2, 0.25) is 5.91 Å². The van der Waals surface area contributed by atoms with Crippen LogP contribution in [0, 0.1) is 6.92 Å². The van der Waals surface area contributed by atoms with Gasteiger partial charge < -0.3 is 14.5 Å². The van der Waals surface area contributed by atoms with E-state index in [9.17, 15) is 14.4 Å². The SMILES string of the molecule is Cc1ccc(C(=O)N2CCC3(CC2)OCC(C(=O)N2CCCC2)N3C(=O)c2ccccc2)cc1. The van der Waals surface area contributed by atoms with Crippen LogP contribution >= 0.6 is 0 Å². The van der Waals surface area contributed by atoms with Crippen LogP contribution in [0.1, 0.15) is 52.0 Å². The molecule has 0 aliphatic carbocycles. The molecule has 178 valence electrons. The molecule has 2 aromatic carbocycles. The van der Waals surface area contributed by atoms with Gasteiger partial charge in [-0.1, -0.05) is 35.9 Å². The third kappa shape index (κ3) is 4.09. The van der Waals surface area contributed by atoms with Crippen molar-refractivity contribution in [2.45, 2.75) is 44.4 Å². The summed E-state index contributed by atoms with van der Waals surface area (Å²) in [6.07, 6.45) is 2.94. The van der Waals surface area contributed by atoms with Gasteiger partial charge in [-0.15, -0.1) is 0 Å². The molecule has 3 aliphatic rings. The maximum absolute atomic E-state index is 13.7. The smallest absolute Gasteiger partial charge is 0.256 e. The molecule has 3 amide bonds. The number of nitrogens with zero attached hydrogens (tertiary/aromatic N) is 3. The number of likely N-dealkylation sites (tertiary alicyclic amines) is 2. The summed E-state index contributed by atoms with van der Waals surface area (Å²) in [6, 6.07) is 16.0. The highest BCUT2D eigenvalue weighted by molar-refractivity contribution is 5.98. The standard InChI is InChI=1S/C27H31N3O4/c1-20-9-11-22(12-10-20)24(31)29-17-13-27(14-18-29)30(25(32)21-7-3-2-4-8-21)23(19-34-27)26(33)28-15-5-6-16-28/h2-4,7-12,23H,5-6,13-19H2,1H3. The van der Waals surface area contributed by atoms with Crippen LogP contribution < -0.4 is 0 Å². The van der Waals surface area contributed by atoms with E-state index < -0.39 is 11.8 Å². The minimum atomic E-state index is -0.878. The zero-order chi connectivity index (χ0) is 23.7. The van der Waals surface area contributed by atoms with E-state index in [1.165, 1.54) is 0 Å². The Kier molecular flexibility index (Phi) is 6.13. The van der Waals surface area contributed by atoms with Crippen molar-refractivity contribution in [3.8, 4) is 0 Å². The largest absolute Gasteiger partial charge is 0.353 e. The van der Waals surface area contributed by atoms with E-state index in [4.69, 9.17) is 4.74 Å². The number of hydrogen-bond donors (Lipinski definition) is 0. The molecule has 0 radical (unpaired) electrons. The first-order valence-corrected chi connectivity index (χ1v) is 12.2. The van der Waals surface area contributed by atoms with Gasteiger partial charge in [0.25, 0.3) is 11.8 Å². The highest BCUT2D eigenvalue weighted by Gasteiger charge is 2.55. The van der Waals surface area contributed by atoms with Gasteiger partial charge in [0, 0.05) is 50.1 Å². The molecule has 0 aromatic heterocycles. The van der Waals surface area contributed by atoms with E-state index >= 15 is 0 Å². The Balaban J connectivity index is 1.38. The predicted molar refractivity (Wildman–Crippen MR) is 127 cm³/mol. The lowest BCUT2D eigenvalue weighted by Gasteiger charge is -2.44. The van der Waals surface area contributed by atoms with Crippen LogP contribution in [0.5, 0.6) is 0 Å². The predicted octanol–water partition coefficient (Wildman–Crippen LogP) is 3.09. The number of carbonyl (C=O) groups excluding carboxylic acids is 3. The van der Waals surface area contributed by atoms with Gasteiger partial charge in [0.1, 0.15) is 11.8 Å². The minimum absolute atomic E-state index is 0.0153. The first kappa shape index (κ1) is 22.6. The van der Waals surface area contributed by atoms with Gasteiger partial charge >= 0.3 is 0 Å². The Morgan fingerprint density at radius 1 is 0.794 bits per heavy atom. The zero-order valence-electron chi connectivity index (χ0n) is 19.6. The number of rotatable bonds is 3. The first-order valence-electron chi connectivity index (χ1n) is 12.2. The Labute approximate surface area is 200 Å². The molecule has 0 bridgehead atoms.